The summed E-state index contributed by atoms with van der Waals surface area (Å²) in [7, 11) is 0. The summed E-state index contributed by atoms with van der Waals surface area (Å²) in [5, 5.41) is 1.35. The summed E-state index contributed by atoms with van der Waals surface area (Å²) < 4.78 is 5.28. The zero-order valence-corrected chi connectivity index (χ0v) is 8.67. The summed E-state index contributed by atoms with van der Waals surface area (Å²) in [6.45, 7) is 1.69. The minimum Gasteiger partial charge on any atom is -0.384 e. The third-order valence-electron chi connectivity index (χ3n) is 2.10. The molecule has 0 aliphatic carbocycles. The van der Waals surface area contributed by atoms with Crippen LogP contribution >= 0.6 is 11.8 Å². The van der Waals surface area contributed by atoms with E-state index in [1.165, 1.54) is 0 Å². The van der Waals surface area contributed by atoms with Gasteiger partial charge in [0.1, 0.15) is 5.82 Å². The van der Waals surface area contributed by atoms with Crippen molar-refractivity contribution in [3.63, 3.8) is 0 Å². The van der Waals surface area contributed by atoms with Crippen molar-refractivity contribution in [1.29, 1.82) is 0 Å². The fourth-order valence-corrected chi connectivity index (χ4v) is 2.36. The molecule has 0 radical (unpaired) electrons. The van der Waals surface area contributed by atoms with E-state index < -0.39 is 0 Å². The van der Waals surface area contributed by atoms with Gasteiger partial charge in [-0.1, -0.05) is 11.8 Å². The molecule has 1 aliphatic heterocycles. The lowest BCUT2D eigenvalue weighted by atomic mass is 10.2. The molecule has 76 valence electrons. The predicted octanol–water partition coefficient (Wildman–Crippen LogP) is 1.33. The van der Waals surface area contributed by atoms with Gasteiger partial charge in [0.25, 0.3) is 0 Å². The van der Waals surface area contributed by atoms with E-state index >= 15 is 0 Å². The molecule has 1 aliphatic rings. The minimum atomic E-state index is 0.537. The fourth-order valence-electron chi connectivity index (χ4n) is 1.35. The van der Waals surface area contributed by atoms with Crippen LogP contribution in [-0.2, 0) is 4.74 Å². The Morgan fingerprint density at radius 2 is 2.21 bits per heavy atom. The summed E-state index contributed by atoms with van der Waals surface area (Å²) in [4.78, 5) is 8.32. The number of nitrogens with two attached hydrogens (primary N) is 1. The van der Waals surface area contributed by atoms with Crippen molar-refractivity contribution in [2.45, 2.75) is 23.2 Å². The molecule has 14 heavy (non-hydrogen) atoms. The van der Waals surface area contributed by atoms with Gasteiger partial charge in [0, 0.05) is 24.7 Å². The highest BCUT2D eigenvalue weighted by Gasteiger charge is 2.16. The Hall–Kier alpha value is -0.810. The molecule has 0 aromatic carbocycles. The van der Waals surface area contributed by atoms with Crippen LogP contribution in [0.2, 0.25) is 0 Å². The van der Waals surface area contributed by atoms with Crippen LogP contribution in [0.3, 0.4) is 0 Å². The van der Waals surface area contributed by atoms with Gasteiger partial charge < -0.3 is 10.5 Å². The zero-order chi connectivity index (χ0) is 9.80. The van der Waals surface area contributed by atoms with Crippen molar-refractivity contribution in [2.24, 2.45) is 0 Å². The SMILES string of the molecule is Nc1ccnc(SC2CCOCC2)n1. The fraction of sp³-hybridized carbons (Fsp3) is 0.556. The molecular weight excluding hydrogens is 198 g/mol. The molecule has 0 atom stereocenters. The van der Waals surface area contributed by atoms with Crippen LogP contribution in [0.15, 0.2) is 17.4 Å². The maximum absolute atomic E-state index is 5.57. The van der Waals surface area contributed by atoms with Gasteiger partial charge in [-0.15, -0.1) is 0 Å². The molecular formula is C9H13N3OS. The van der Waals surface area contributed by atoms with Gasteiger partial charge in [-0.2, -0.15) is 0 Å². The van der Waals surface area contributed by atoms with E-state index in [1.54, 1.807) is 24.0 Å². The van der Waals surface area contributed by atoms with Crippen LogP contribution in [-0.4, -0.2) is 28.4 Å². The number of anilines is 1. The predicted molar refractivity (Wildman–Crippen MR) is 56.1 cm³/mol. The van der Waals surface area contributed by atoms with Crippen LogP contribution < -0.4 is 5.73 Å². The molecule has 2 rings (SSSR count). The second-order valence-corrected chi connectivity index (χ2v) is 4.46. The van der Waals surface area contributed by atoms with Crippen molar-refractivity contribution in [3.05, 3.63) is 12.3 Å². The lowest BCUT2D eigenvalue weighted by molar-refractivity contribution is 0.1000. The summed E-state index contributed by atoms with van der Waals surface area (Å²) in [5.41, 5.74) is 5.57. The van der Waals surface area contributed by atoms with Crippen molar-refractivity contribution < 1.29 is 4.74 Å². The first kappa shape index (κ1) is 9.73. The molecule has 0 unspecified atom stereocenters. The van der Waals surface area contributed by atoms with E-state index in [0.29, 0.717) is 11.1 Å². The Labute approximate surface area is 87.3 Å². The van der Waals surface area contributed by atoms with E-state index in [4.69, 9.17) is 10.5 Å². The summed E-state index contributed by atoms with van der Waals surface area (Å²) in [6, 6.07) is 1.70. The highest BCUT2D eigenvalue weighted by molar-refractivity contribution is 7.99. The van der Waals surface area contributed by atoms with E-state index in [2.05, 4.69) is 9.97 Å². The topological polar surface area (TPSA) is 61.0 Å². The average Bonchev–Trinajstić information content (AvgIpc) is 2.19. The van der Waals surface area contributed by atoms with Gasteiger partial charge in [-0.3, -0.25) is 0 Å². The summed E-state index contributed by atoms with van der Waals surface area (Å²) in [6.07, 6.45) is 3.84. The molecule has 5 heteroatoms. The molecule has 0 saturated carbocycles. The number of nitrogens with zero attached hydrogens (tertiary/aromatic N) is 2. The van der Waals surface area contributed by atoms with Crippen molar-refractivity contribution in [2.75, 3.05) is 18.9 Å². The molecule has 2 N–H and O–H groups in total. The maximum Gasteiger partial charge on any atom is 0.189 e. The Morgan fingerprint density at radius 3 is 2.93 bits per heavy atom. The average molecular weight is 211 g/mol. The van der Waals surface area contributed by atoms with Crippen LogP contribution in [0.5, 0.6) is 0 Å². The first-order chi connectivity index (χ1) is 6.84. The Bertz CT molecular complexity index is 302. The molecule has 1 aromatic heterocycles. The third kappa shape index (κ3) is 2.59. The normalized spacial score (nSPS) is 18.3. The first-order valence-corrected chi connectivity index (χ1v) is 5.55. The van der Waals surface area contributed by atoms with E-state index in [9.17, 15) is 0 Å². The van der Waals surface area contributed by atoms with Gasteiger partial charge in [-0.25, -0.2) is 9.97 Å². The number of aromatic nitrogens is 2. The van der Waals surface area contributed by atoms with Crippen molar-refractivity contribution in [1.82, 2.24) is 9.97 Å². The number of rotatable bonds is 2. The third-order valence-corrected chi connectivity index (χ3v) is 3.31. The monoisotopic (exact) mass is 211 g/mol. The summed E-state index contributed by atoms with van der Waals surface area (Å²) >= 11 is 1.70. The second kappa shape index (κ2) is 4.61. The smallest absolute Gasteiger partial charge is 0.189 e. The van der Waals surface area contributed by atoms with Gasteiger partial charge in [-0.05, 0) is 18.9 Å². The molecule has 1 aromatic rings. The van der Waals surface area contributed by atoms with Crippen molar-refractivity contribution >= 4 is 17.6 Å². The van der Waals surface area contributed by atoms with Crippen LogP contribution in [0.1, 0.15) is 12.8 Å². The first-order valence-electron chi connectivity index (χ1n) is 4.67. The number of hydrogen-bond acceptors (Lipinski definition) is 5. The largest absolute Gasteiger partial charge is 0.384 e. The zero-order valence-electron chi connectivity index (χ0n) is 7.85. The minimum absolute atomic E-state index is 0.537. The standard InChI is InChI=1S/C9H13N3OS/c10-8-1-4-11-9(12-8)14-7-2-5-13-6-3-7/h1,4,7H,2-3,5-6H2,(H2,10,11,12). The van der Waals surface area contributed by atoms with E-state index in [-0.39, 0.29) is 0 Å². The molecule has 2 heterocycles. The van der Waals surface area contributed by atoms with Crippen molar-refractivity contribution in [3.8, 4) is 0 Å². The lowest BCUT2D eigenvalue weighted by Crippen LogP contribution is -2.17. The molecule has 1 fully saturated rings. The van der Waals surface area contributed by atoms with Gasteiger partial charge in [0.15, 0.2) is 5.16 Å². The molecule has 4 nitrogen and oxygen atoms in total. The molecule has 0 bridgehead atoms. The quantitative estimate of drug-likeness (QED) is 0.748. The van der Waals surface area contributed by atoms with Gasteiger partial charge >= 0.3 is 0 Å². The Balaban J connectivity index is 1.95. The Kier molecular flexibility index (Phi) is 3.21. The van der Waals surface area contributed by atoms with E-state index in [1.807, 2.05) is 0 Å². The van der Waals surface area contributed by atoms with Gasteiger partial charge in [0.2, 0.25) is 0 Å². The second-order valence-electron chi connectivity index (χ2n) is 3.19. The number of nitrogen functional groups attached to an aromatic ring is 1. The maximum atomic E-state index is 5.57. The van der Waals surface area contributed by atoms with Gasteiger partial charge in [0.05, 0.1) is 0 Å². The summed E-state index contributed by atoms with van der Waals surface area (Å²) in [5.74, 6) is 0.537. The Morgan fingerprint density at radius 1 is 1.43 bits per heavy atom. The van der Waals surface area contributed by atoms with E-state index in [0.717, 1.165) is 31.2 Å². The molecule has 0 amide bonds. The van der Waals surface area contributed by atoms with Crippen LogP contribution in [0, 0.1) is 0 Å². The van der Waals surface area contributed by atoms with Crippen LogP contribution in [0.25, 0.3) is 0 Å². The number of thioether (sulfide) groups is 1. The number of hydrogen-bond donors (Lipinski definition) is 1. The number of ether oxygens (including phenoxy) is 1. The molecule has 0 spiro atoms. The highest BCUT2D eigenvalue weighted by Crippen LogP contribution is 2.27. The molecule has 1 saturated heterocycles. The highest BCUT2D eigenvalue weighted by atomic mass is 32.2. The lowest BCUT2D eigenvalue weighted by Gasteiger charge is -2.20. The van der Waals surface area contributed by atoms with Crippen LogP contribution in [0.4, 0.5) is 5.82 Å².